The number of phosphoric acid groups is 3. The quantitative estimate of drug-likeness (QED) is 0.139. The van der Waals surface area contributed by atoms with E-state index in [1.54, 1.807) is 0 Å². The van der Waals surface area contributed by atoms with Gasteiger partial charge in [-0.2, -0.15) is 13.6 Å². The van der Waals surface area contributed by atoms with E-state index in [9.17, 15) is 33.4 Å². The van der Waals surface area contributed by atoms with Crippen molar-refractivity contribution < 1.29 is 56.3 Å². The van der Waals surface area contributed by atoms with E-state index in [1.807, 2.05) is 0 Å². The summed E-state index contributed by atoms with van der Waals surface area (Å²) in [7, 11) is -16.9. The minimum absolute atomic E-state index is 0.100. The lowest BCUT2D eigenvalue weighted by Crippen LogP contribution is -2.45. The summed E-state index contributed by atoms with van der Waals surface area (Å²) in [4.78, 5) is 50.2. The van der Waals surface area contributed by atoms with Crippen molar-refractivity contribution in [1.82, 2.24) is 9.55 Å². The van der Waals surface area contributed by atoms with Crippen LogP contribution in [0.25, 0.3) is 0 Å². The Morgan fingerprint density at radius 1 is 1.26 bits per heavy atom. The third-order valence-electron chi connectivity index (χ3n) is 4.28. The molecule has 16 nitrogen and oxygen atoms in total. The molecule has 0 saturated carbocycles. The molecule has 192 valence electrons. The van der Waals surface area contributed by atoms with E-state index in [0.29, 0.717) is 0 Å². The molecule has 1 aliphatic rings. The fourth-order valence-corrected chi connectivity index (χ4v) is 6.70. The molecule has 0 radical (unpaired) electrons. The van der Waals surface area contributed by atoms with E-state index in [1.165, 1.54) is 19.9 Å². The minimum Gasteiger partial charge on any atom is -0.387 e. The second-order valence-electron chi connectivity index (χ2n) is 6.92. The summed E-state index contributed by atoms with van der Waals surface area (Å²) >= 11 is 6.52. The summed E-state index contributed by atoms with van der Waals surface area (Å²) < 4.78 is 53.0. The first-order chi connectivity index (χ1) is 15.3. The third kappa shape index (κ3) is 6.75. The number of alkyl halides is 1. The van der Waals surface area contributed by atoms with Crippen molar-refractivity contribution in [2.45, 2.75) is 50.2 Å². The topological polar surface area (TPSA) is 250 Å². The number of aromatic nitrogens is 2. The van der Waals surface area contributed by atoms with Crippen LogP contribution in [-0.2, 0) is 31.6 Å². The standard InChI is InChI=1S/C14H21ClN3O13P3/c1-4-5-14(15)11(19)10(28-12(14)18-7(2)6-9(16)17-13(18)20)8(3)29-33(24,25)31-34(26,27)30-32(21,22)23/h6,8,10-12,19H,1-3H3,(H,24,25)(H,26,27)(H2,16,17,20)(H2,21,22,23)/t8-,10+,11-,12+,14?/m0/s1. The number of rotatable bonds is 8. The van der Waals surface area contributed by atoms with E-state index in [4.69, 9.17) is 31.9 Å². The lowest BCUT2D eigenvalue weighted by Gasteiger charge is -2.27. The first-order valence-corrected chi connectivity index (χ1v) is 13.9. The fraction of sp³-hybridized carbons (Fsp3) is 0.571. The van der Waals surface area contributed by atoms with Crippen LogP contribution in [0.3, 0.4) is 0 Å². The third-order valence-corrected chi connectivity index (χ3v) is 8.71. The molecule has 34 heavy (non-hydrogen) atoms. The number of aryl methyl sites for hydroxylation is 1. The zero-order chi connectivity index (χ0) is 26.3. The molecule has 1 aliphatic heterocycles. The number of nitrogens with two attached hydrogens (primary N) is 1. The maximum atomic E-state index is 12.5. The summed E-state index contributed by atoms with van der Waals surface area (Å²) in [6, 6.07) is 1.32. The van der Waals surface area contributed by atoms with E-state index in [2.05, 4.69) is 30.0 Å². The van der Waals surface area contributed by atoms with E-state index in [-0.39, 0.29) is 11.5 Å². The summed E-state index contributed by atoms with van der Waals surface area (Å²) in [6.45, 7) is 3.92. The van der Waals surface area contributed by atoms with Gasteiger partial charge in [0.15, 0.2) is 11.1 Å². The Morgan fingerprint density at radius 3 is 2.35 bits per heavy atom. The molecule has 2 heterocycles. The number of nitrogen functional groups attached to an aromatic ring is 1. The molecule has 7 atom stereocenters. The molecule has 0 spiro atoms. The molecule has 7 N–H and O–H groups in total. The monoisotopic (exact) mass is 567 g/mol. The van der Waals surface area contributed by atoms with E-state index in [0.717, 1.165) is 11.5 Å². The van der Waals surface area contributed by atoms with Crippen molar-refractivity contribution >= 4 is 40.9 Å². The fourth-order valence-electron chi connectivity index (χ4n) is 3.14. The smallest absolute Gasteiger partial charge is 0.387 e. The number of halogens is 1. The van der Waals surface area contributed by atoms with Gasteiger partial charge in [-0.05, 0) is 26.8 Å². The Balaban J connectivity index is 2.37. The van der Waals surface area contributed by atoms with Crippen molar-refractivity contribution in [1.29, 1.82) is 0 Å². The van der Waals surface area contributed by atoms with Crippen LogP contribution < -0.4 is 11.4 Å². The Morgan fingerprint density at radius 2 is 1.85 bits per heavy atom. The predicted molar refractivity (Wildman–Crippen MR) is 114 cm³/mol. The van der Waals surface area contributed by atoms with Crippen LogP contribution in [-0.4, -0.2) is 57.4 Å². The number of aliphatic hydroxyl groups is 1. The highest BCUT2D eigenvalue weighted by molar-refractivity contribution is 7.66. The highest BCUT2D eigenvalue weighted by Crippen LogP contribution is 2.66. The first-order valence-electron chi connectivity index (χ1n) is 8.96. The van der Waals surface area contributed by atoms with E-state index >= 15 is 0 Å². The molecular formula is C14H21ClN3O13P3. The molecule has 1 aromatic rings. The first kappa shape index (κ1) is 29.1. The Bertz CT molecular complexity index is 1210. The largest absolute Gasteiger partial charge is 0.490 e. The Kier molecular flexibility index (Phi) is 8.63. The van der Waals surface area contributed by atoms with Crippen molar-refractivity contribution in [3.8, 4) is 11.8 Å². The van der Waals surface area contributed by atoms with Crippen LogP contribution in [0.5, 0.6) is 0 Å². The number of anilines is 1. The minimum atomic E-state index is -5.77. The van der Waals surface area contributed by atoms with Crippen molar-refractivity contribution in [3.63, 3.8) is 0 Å². The molecule has 20 heteroatoms. The van der Waals surface area contributed by atoms with Gasteiger partial charge in [0.05, 0.1) is 6.10 Å². The van der Waals surface area contributed by atoms with Crippen LogP contribution in [0.2, 0.25) is 0 Å². The van der Waals surface area contributed by atoms with Gasteiger partial charge in [0.2, 0.25) is 0 Å². The average Bonchev–Trinajstić information content (AvgIpc) is 2.83. The summed E-state index contributed by atoms with van der Waals surface area (Å²) in [5.74, 6) is 4.89. The van der Waals surface area contributed by atoms with Crippen LogP contribution in [0, 0.1) is 18.8 Å². The highest BCUT2D eigenvalue weighted by Gasteiger charge is 2.58. The van der Waals surface area contributed by atoms with Gasteiger partial charge >= 0.3 is 29.2 Å². The van der Waals surface area contributed by atoms with Crippen molar-refractivity contribution in [2.24, 2.45) is 0 Å². The van der Waals surface area contributed by atoms with E-state index < -0.39 is 58.6 Å². The number of ether oxygens (including phenoxy) is 1. The maximum Gasteiger partial charge on any atom is 0.490 e. The van der Waals surface area contributed by atoms with Crippen molar-refractivity contribution in [2.75, 3.05) is 5.73 Å². The summed E-state index contributed by atoms with van der Waals surface area (Å²) in [6.07, 6.45) is -6.51. The number of aliphatic hydroxyl groups excluding tert-OH is 1. The van der Waals surface area contributed by atoms with Gasteiger partial charge in [-0.25, -0.2) is 18.5 Å². The highest BCUT2D eigenvalue weighted by atomic mass is 35.5. The van der Waals surface area contributed by atoms with Gasteiger partial charge in [0.25, 0.3) is 0 Å². The van der Waals surface area contributed by atoms with Gasteiger partial charge in [0, 0.05) is 5.69 Å². The Hall–Kier alpha value is -1.14. The normalized spacial score (nSPS) is 29.5. The van der Waals surface area contributed by atoms with Crippen LogP contribution in [0.4, 0.5) is 5.82 Å². The van der Waals surface area contributed by atoms with Gasteiger partial charge < -0.3 is 35.2 Å². The molecule has 3 unspecified atom stereocenters. The SMILES string of the molecule is CC#CC1(Cl)[C@@H](O)[C@@H]([C@H](C)OP(=O)(O)OP(=O)(O)OP(=O)(O)O)O[C@H]1n1c(C)cc(N)nc1=O. The average molecular weight is 568 g/mol. The molecule has 1 aromatic heterocycles. The molecule has 1 saturated heterocycles. The van der Waals surface area contributed by atoms with Crippen molar-refractivity contribution in [3.05, 3.63) is 22.2 Å². The second-order valence-corrected chi connectivity index (χ2v) is 11.9. The zero-order valence-electron chi connectivity index (χ0n) is 17.6. The summed E-state index contributed by atoms with van der Waals surface area (Å²) in [5.41, 5.74) is 4.86. The van der Waals surface area contributed by atoms with Crippen LogP contribution in [0.1, 0.15) is 25.8 Å². The number of hydrogen-bond donors (Lipinski definition) is 6. The molecule has 2 rings (SSSR count). The Labute approximate surface area is 197 Å². The molecule has 0 aromatic carbocycles. The number of hydrogen-bond acceptors (Lipinski definition) is 11. The van der Waals surface area contributed by atoms with Gasteiger partial charge in [0.1, 0.15) is 18.0 Å². The number of phosphoric ester groups is 1. The lowest BCUT2D eigenvalue weighted by molar-refractivity contribution is -0.0754. The second kappa shape index (κ2) is 10.1. The maximum absolute atomic E-state index is 12.5. The molecule has 0 amide bonds. The molecule has 0 aliphatic carbocycles. The van der Waals surface area contributed by atoms with Gasteiger partial charge in [-0.15, -0.1) is 5.92 Å². The summed E-state index contributed by atoms with van der Waals surface area (Å²) in [5, 5.41) is 10.8. The lowest BCUT2D eigenvalue weighted by atomic mass is 9.96. The van der Waals surface area contributed by atoms with Crippen LogP contribution in [0.15, 0.2) is 10.9 Å². The predicted octanol–water partition coefficient (Wildman–Crippen LogP) is 0.125. The zero-order valence-corrected chi connectivity index (χ0v) is 21.0. The van der Waals surface area contributed by atoms with Gasteiger partial charge in [-0.3, -0.25) is 9.09 Å². The molecular weight excluding hydrogens is 547 g/mol. The number of nitrogens with zero attached hydrogens (tertiary/aromatic N) is 2. The molecule has 1 fully saturated rings. The van der Waals surface area contributed by atoms with Gasteiger partial charge in [-0.1, -0.05) is 17.5 Å². The van der Waals surface area contributed by atoms with Crippen LogP contribution >= 0.6 is 35.1 Å². The molecule has 0 bridgehead atoms.